The molecule has 0 aliphatic carbocycles. The Morgan fingerprint density at radius 1 is 0.962 bits per heavy atom. The fourth-order valence-corrected chi connectivity index (χ4v) is 2.74. The molecule has 138 valence electrons. The molecule has 0 aliphatic heterocycles. The number of amides is 1. The van der Waals surface area contributed by atoms with E-state index in [9.17, 15) is 9.59 Å². The highest BCUT2D eigenvalue weighted by Crippen LogP contribution is 2.12. The molecule has 0 N–H and O–H groups in total. The summed E-state index contributed by atoms with van der Waals surface area (Å²) in [4.78, 5) is 26.1. The largest absolute Gasteiger partial charge is 0.466 e. The van der Waals surface area contributed by atoms with Crippen molar-refractivity contribution in [2.75, 3.05) is 19.7 Å². The molecule has 5 heteroatoms. The van der Waals surface area contributed by atoms with Crippen molar-refractivity contribution in [2.24, 2.45) is 0 Å². The summed E-state index contributed by atoms with van der Waals surface area (Å²) in [6.45, 7) is 3.05. The number of carbonyl (C=O) groups is 2. The molecule has 0 fully saturated rings. The SMILES string of the molecule is CCOC(=O)CCN(CCc1ccccc1)C(=O)Cc1ccc(Cl)cc1. The third-order valence-corrected chi connectivity index (χ3v) is 4.28. The topological polar surface area (TPSA) is 46.6 Å². The van der Waals surface area contributed by atoms with E-state index in [2.05, 4.69) is 0 Å². The number of carbonyl (C=O) groups excluding carboxylic acids is 2. The quantitative estimate of drug-likeness (QED) is 0.626. The van der Waals surface area contributed by atoms with Gasteiger partial charge in [0.05, 0.1) is 19.4 Å². The molecular weight excluding hydrogens is 350 g/mol. The summed E-state index contributed by atoms with van der Waals surface area (Å²) in [6.07, 6.45) is 1.24. The molecule has 2 aromatic carbocycles. The minimum Gasteiger partial charge on any atom is -0.466 e. The van der Waals surface area contributed by atoms with Crippen molar-refractivity contribution < 1.29 is 14.3 Å². The van der Waals surface area contributed by atoms with Crippen molar-refractivity contribution in [1.29, 1.82) is 0 Å². The van der Waals surface area contributed by atoms with Crippen LogP contribution in [-0.2, 0) is 27.2 Å². The Labute approximate surface area is 159 Å². The number of nitrogens with zero attached hydrogens (tertiary/aromatic N) is 1. The van der Waals surface area contributed by atoms with E-state index in [-0.39, 0.29) is 24.7 Å². The van der Waals surface area contributed by atoms with Gasteiger partial charge in [-0.1, -0.05) is 54.1 Å². The van der Waals surface area contributed by atoms with E-state index >= 15 is 0 Å². The van der Waals surface area contributed by atoms with Gasteiger partial charge in [0.1, 0.15) is 0 Å². The molecule has 2 aromatic rings. The lowest BCUT2D eigenvalue weighted by atomic mass is 10.1. The zero-order valence-corrected chi connectivity index (χ0v) is 15.7. The van der Waals surface area contributed by atoms with Crippen LogP contribution in [0.2, 0.25) is 5.02 Å². The van der Waals surface area contributed by atoms with Crippen LogP contribution in [0.25, 0.3) is 0 Å². The normalized spacial score (nSPS) is 10.4. The lowest BCUT2D eigenvalue weighted by Crippen LogP contribution is -2.36. The van der Waals surface area contributed by atoms with Crippen LogP contribution >= 0.6 is 11.6 Å². The van der Waals surface area contributed by atoms with Crippen LogP contribution in [0.5, 0.6) is 0 Å². The van der Waals surface area contributed by atoms with E-state index in [4.69, 9.17) is 16.3 Å². The zero-order valence-electron chi connectivity index (χ0n) is 15.0. The van der Waals surface area contributed by atoms with Gasteiger partial charge in [-0.25, -0.2) is 0 Å². The zero-order chi connectivity index (χ0) is 18.8. The number of halogens is 1. The molecule has 0 heterocycles. The smallest absolute Gasteiger partial charge is 0.307 e. The van der Waals surface area contributed by atoms with E-state index in [0.29, 0.717) is 24.7 Å². The number of benzene rings is 2. The Bertz CT molecular complexity index is 701. The molecule has 0 saturated heterocycles. The fraction of sp³-hybridized carbons (Fsp3) is 0.333. The molecule has 2 rings (SSSR count). The van der Waals surface area contributed by atoms with Crippen LogP contribution < -0.4 is 0 Å². The van der Waals surface area contributed by atoms with Crippen LogP contribution in [0, 0.1) is 0 Å². The molecule has 0 atom stereocenters. The molecule has 0 radical (unpaired) electrons. The summed E-state index contributed by atoms with van der Waals surface area (Å²) in [7, 11) is 0. The van der Waals surface area contributed by atoms with Gasteiger partial charge in [-0.2, -0.15) is 0 Å². The highest BCUT2D eigenvalue weighted by Gasteiger charge is 2.16. The first-order valence-corrected chi connectivity index (χ1v) is 9.18. The van der Waals surface area contributed by atoms with Gasteiger partial charge in [0.2, 0.25) is 5.91 Å². The Morgan fingerprint density at radius 3 is 2.31 bits per heavy atom. The van der Waals surface area contributed by atoms with E-state index < -0.39 is 0 Å². The lowest BCUT2D eigenvalue weighted by Gasteiger charge is -2.22. The summed E-state index contributed by atoms with van der Waals surface area (Å²) in [5, 5.41) is 0.643. The summed E-state index contributed by atoms with van der Waals surface area (Å²) in [5.74, 6) is -0.288. The molecule has 0 unspecified atom stereocenters. The summed E-state index contributed by atoms with van der Waals surface area (Å²) in [5.41, 5.74) is 2.06. The maximum atomic E-state index is 12.7. The average Bonchev–Trinajstić information content (AvgIpc) is 2.64. The van der Waals surface area contributed by atoms with Crippen LogP contribution in [-0.4, -0.2) is 36.5 Å². The van der Waals surface area contributed by atoms with Crippen molar-refractivity contribution in [2.45, 2.75) is 26.2 Å². The Balaban J connectivity index is 1.98. The third-order valence-electron chi connectivity index (χ3n) is 4.03. The van der Waals surface area contributed by atoms with Gasteiger partial charge in [0, 0.05) is 18.1 Å². The molecule has 0 bridgehead atoms. The molecule has 0 spiro atoms. The van der Waals surface area contributed by atoms with Gasteiger partial charge in [0.15, 0.2) is 0 Å². The van der Waals surface area contributed by atoms with Crippen molar-refractivity contribution >= 4 is 23.5 Å². The number of ether oxygens (including phenoxy) is 1. The Hall–Kier alpha value is -2.33. The van der Waals surface area contributed by atoms with E-state index in [1.54, 1.807) is 24.0 Å². The number of rotatable bonds is 9. The second kappa shape index (κ2) is 10.6. The van der Waals surface area contributed by atoms with Crippen LogP contribution in [0.4, 0.5) is 0 Å². The Morgan fingerprint density at radius 2 is 1.65 bits per heavy atom. The van der Waals surface area contributed by atoms with Crippen LogP contribution in [0.3, 0.4) is 0 Å². The molecule has 0 saturated carbocycles. The second-order valence-corrected chi connectivity index (χ2v) is 6.41. The molecule has 4 nitrogen and oxygen atoms in total. The average molecular weight is 374 g/mol. The predicted molar refractivity (Wildman–Crippen MR) is 103 cm³/mol. The van der Waals surface area contributed by atoms with E-state index in [1.807, 2.05) is 42.5 Å². The van der Waals surface area contributed by atoms with Gasteiger partial charge in [-0.3, -0.25) is 9.59 Å². The summed E-state index contributed by atoms with van der Waals surface area (Å²) < 4.78 is 4.97. The van der Waals surface area contributed by atoms with Crippen molar-refractivity contribution in [1.82, 2.24) is 4.90 Å². The first-order valence-electron chi connectivity index (χ1n) is 8.80. The summed E-state index contributed by atoms with van der Waals surface area (Å²) in [6, 6.07) is 17.2. The van der Waals surface area contributed by atoms with Crippen molar-refractivity contribution in [3.8, 4) is 0 Å². The van der Waals surface area contributed by atoms with Gasteiger partial charge in [-0.05, 0) is 36.6 Å². The maximum absolute atomic E-state index is 12.7. The van der Waals surface area contributed by atoms with Crippen LogP contribution in [0.1, 0.15) is 24.5 Å². The lowest BCUT2D eigenvalue weighted by molar-refractivity contribution is -0.144. The predicted octanol–water partition coefficient (Wildman–Crippen LogP) is 3.91. The van der Waals surface area contributed by atoms with Gasteiger partial charge in [-0.15, -0.1) is 0 Å². The highest BCUT2D eigenvalue weighted by molar-refractivity contribution is 6.30. The summed E-state index contributed by atoms with van der Waals surface area (Å²) >= 11 is 5.90. The van der Waals surface area contributed by atoms with E-state index in [1.165, 1.54) is 0 Å². The van der Waals surface area contributed by atoms with Gasteiger partial charge >= 0.3 is 5.97 Å². The van der Waals surface area contributed by atoms with Gasteiger partial charge in [0.25, 0.3) is 0 Å². The Kier molecular flexibility index (Phi) is 8.16. The molecule has 0 aliphatic rings. The molecular formula is C21H24ClNO3. The third kappa shape index (κ3) is 6.89. The molecule has 1 amide bonds. The second-order valence-electron chi connectivity index (χ2n) is 5.97. The first kappa shape index (κ1) is 20.0. The van der Waals surface area contributed by atoms with Crippen LogP contribution in [0.15, 0.2) is 54.6 Å². The maximum Gasteiger partial charge on any atom is 0.307 e. The van der Waals surface area contributed by atoms with Crippen molar-refractivity contribution in [3.05, 3.63) is 70.7 Å². The van der Waals surface area contributed by atoms with Crippen molar-refractivity contribution in [3.63, 3.8) is 0 Å². The van der Waals surface area contributed by atoms with Gasteiger partial charge < -0.3 is 9.64 Å². The monoisotopic (exact) mass is 373 g/mol. The van der Waals surface area contributed by atoms with E-state index in [0.717, 1.165) is 17.5 Å². The fourth-order valence-electron chi connectivity index (χ4n) is 2.62. The molecule has 26 heavy (non-hydrogen) atoms. The standard InChI is InChI=1S/C21H24ClNO3/c1-2-26-21(25)13-15-23(14-12-17-6-4-3-5-7-17)20(24)16-18-8-10-19(22)11-9-18/h3-11H,2,12-16H2,1H3. The minimum atomic E-state index is -0.281. The molecule has 0 aromatic heterocycles. The highest BCUT2D eigenvalue weighted by atomic mass is 35.5. The number of hydrogen-bond acceptors (Lipinski definition) is 3. The first-order chi connectivity index (χ1) is 12.6. The number of esters is 1. The number of hydrogen-bond donors (Lipinski definition) is 0. The minimum absolute atomic E-state index is 0.00690.